The van der Waals surface area contributed by atoms with Gasteiger partial charge in [-0.3, -0.25) is 0 Å². The Morgan fingerprint density at radius 1 is 1.14 bits per heavy atom. The fraction of sp³-hybridized carbons (Fsp3) is 0.448. The van der Waals surface area contributed by atoms with Gasteiger partial charge in [-0.05, 0) is 49.1 Å². The number of sulfone groups is 1. The minimum Gasteiger partial charge on any atom is -0.495 e. The number of likely N-dealkylation sites (tertiary alicyclic amines) is 1. The number of aromatic nitrogens is 1. The average Bonchev–Trinajstić information content (AvgIpc) is 3.28. The van der Waals surface area contributed by atoms with Gasteiger partial charge >= 0.3 is 6.18 Å². The van der Waals surface area contributed by atoms with Gasteiger partial charge in [0.1, 0.15) is 12.3 Å². The molecule has 0 unspecified atom stereocenters. The first kappa shape index (κ1) is 34.4. The topological polar surface area (TPSA) is 116 Å². The van der Waals surface area contributed by atoms with Crippen LogP contribution in [0.15, 0.2) is 47.4 Å². The number of β-amino-alcohol motifs (C(OH)–C–C–N with tert-alkyl or cyclic N) is 1. The van der Waals surface area contributed by atoms with E-state index in [1.807, 2.05) is 6.07 Å². The number of hydrogen-bond acceptors (Lipinski definition) is 8. The van der Waals surface area contributed by atoms with Crippen LogP contribution in [0.3, 0.4) is 0 Å². The summed E-state index contributed by atoms with van der Waals surface area (Å²) in [5.74, 6) is 6.04. The van der Waals surface area contributed by atoms with Gasteiger partial charge in [-0.1, -0.05) is 12.0 Å². The van der Waals surface area contributed by atoms with E-state index in [0.717, 1.165) is 42.4 Å². The Labute approximate surface area is 256 Å². The number of halogens is 3. The van der Waals surface area contributed by atoms with Crippen molar-refractivity contribution in [2.75, 3.05) is 56.8 Å². The fourth-order valence-corrected chi connectivity index (χ4v) is 5.66. The van der Waals surface area contributed by atoms with E-state index in [0.29, 0.717) is 28.9 Å². The number of benzene rings is 2. The molecular formula is C29H37F3N4O5S2. The van der Waals surface area contributed by atoms with Crippen molar-refractivity contribution in [2.24, 2.45) is 0 Å². The van der Waals surface area contributed by atoms with Gasteiger partial charge in [0.15, 0.2) is 9.84 Å². The maximum atomic E-state index is 13.6. The molecule has 0 spiro atoms. The van der Waals surface area contributed by atoms with Gasteiger partial charge in [0.2, 0.25) is 0 Å². The largest absolute Gasteiger partial charge is 0.495 e. The van der Waals surface area contributed by atoms with Crippen molar-refractivity contribution >= 4 is 45.6 Å². The lowest BCUT2D eigenvalue weighted by Gasteiger charge is -2.33. The van der Waals surface area contributed by atoms with E-state index < -0.39 is 28.7 Å². The van der Waals surface area contributed by atoms with Crippen LogP contribution in [-0.2, 0) is 16.4 Å². The van der Waals surface area contributed by atoms with Crippen LogP contribution in [0.4, 0.5) is 24.5 Å². The van der Waals surface area contributed by atoms with E-state index in [2.05, 4.69) is 27.4 Å². The Kier molecular flexibility index (Phi) is 11.7. The minimum absolute atomic E-state index is 0. The highest BCUT2D eigenvalue weighted by molar-refractivity contribution is 7.90. The first-order valence-corrected chi connectivity index (χ1v) is 15.3. The third-order valence-corrected chi connectivity index (χ3v) is 8.21. The van der Waals surface area contributed by atoms with Crippen LogP contribution < -0.4 is 15.4 Å². The quantitative estimate of drug-likeness (QED) is 0.249. The maximum Gasteiger partial charge on any atom is 0.406 e. The fourth-order valence-electron chi connectivity index (χ4n) is 5.02. The molecule has 0 amide bonds. The molecule has 0 bridgehead atoms. The standard InChI is InChI=1S/C29H35F3N4O5S.H2S/c1-41-28-16-23(42(2,39)40)8-9-26(28)33-12-4-5-21-15-24-25(6-3-7-27(24)36(21)19-29(30,31)32)34-20-10-13-35(14-11-20)17-22(38)18-37;/h3,6-9,15-16,20,22,33-34,37-38H,10-14,17-19H2,1-2H3;1H2/t22-;/m0./s1. The first-order chi connectivity index (χ1) is 19.9. The van der Waals surface area contributed by atoms with E-state index >= 15 is 0 Å². The van der Waals surface area contributed by atoms with E-state index in [-0.39, 0.29) is 43.3 Å². The predicted octanol–water partition coefficient (Wildman–Crippen LogP) is 3.42. The Balaban J connectivity index is 0.00000506. The summed E-state index contributed by atoms with van der Waals surface area (Å²) in [6, 6.07) is 11.3. The Morgan fingerprint density at radius 3 is 2.49 bits per heavy atom. The summed E-state index contributed by atoms with van der Waals surface area (Å²) in [6.07, 6.45) is -2.58. The molecule has 3 aromatic rings. The lowest BCUT2D eigenvalue weighted by molar-refractivity contribution is -0.140. The minimum atomic E-state index is -4.45. The summed E-state index contributed by atoms with van der Waals surface area (Å²) in [4.78, 5) is 2.18. The molecule has 4 rings (SSSR count). The predicted molar refractivity (Wildman–Crippen MR) is 166 cm³/mol. The van der Waals surface area contributed by atoms with Crippen LogP contribution >= 0.6 is 13.5 Å². The van der Waals surface area contributed by atoms with Gasteiger partial charge in [0.05, 0.1) is 48.2 Å². The monoisotopic (exact) mass is 642 g/mol. The summed E-state index contributed by atoms with van der Waals surface area (Å²) in [5.41, 5.74) is 1.85. The highest BCUT2D eigenvalue weighted by Gasteiger charge is 2.30. The molecule has 0 saturated carbocycles. The SMILES string of the molecule is COc1cc(S(C)(=O)=O)ccc1NCC#Cc1cc2c(NC3CCN(C[C@H](O)CO)CC3)cccc2n1CC(F)(F)F.S. The summed E-state index contributed by atoms with van der Waals surface area (Å²) in [5, 5.41) is 25.9. The zero-order valence-corrected chi connectivity index (χ0v) is 25.7. The molecule has 0 aliphatic carbocycles. The van der Waals surface area contributed by atoms with Crippen LogP contribution in [0.1, 0.15) is 18.5 Å². The number of nitrogens with zero attached hydrogens (tertiary/aromatic N) is 2. The van der Waals surface area contributed by atoms with Gasteiger partial charge in [-0.15, -0.1) is 0 Å². The summed E-state index contributed by atoms with van der Waals surface area (Å²) < 4.78 is 70.8. The third kappa shape index (κ3) is 9.20. The Morgan fingerprint density at radius 2 is 1.86 bits per heavy atom. The number of hydrogen-bond donors (Lipinski definition) is 4. The second-order valence-corrected chi connectivity index (χ2v) is 12.3. The molecule has 2 aromatic carbocycles. The number of piperidine rings is 1. The number of nitrogens with one attached hydrogen (secondary N) is 2. The highest BCUT2D eigenvalue weighted by Crippen LogP contribution is 2.32. The molecule has 236 valence electrons. The third-order valence-electron chi connectivity index (χ3n) is 7.09. The van der Waals surface area contributed by atoms with Gasteiger partial charge in [-0.25, -0.2) is 8.42 Å². The molecule has 9 nitrogen and oxygen atoms in total. The Bertz CT molecular complexity index is 1560. The van der Waals surface area contributed by atoms with Crippen LogP contribution in [0.2, 0.25) is 0 Å². The second-order valence-electron chi connectivity index (χ2n) is 10.3. The van der Waals surface area contributed by atoms with Crippen molar-refractivity contribution in [3.05, 3.63) is 48.2 Å². The van der Waals surface area contributed by atoms with E-state index in [1.165, 1.54) is 19.2 Å². The van der Waals surface area contributed by atoms with Crippen molar-refractivity contribution < 1.29 is 36.5 Å². The van der Waals surface area contributed by atoms with E-state index in [1.54, 1.807) is 24.3 Å². The van der Waals surface area contributed by atoms with Crippen molar-refractivity contribution in [3.8, 4) is 17.6 Å². The van der Waals surface area contributed by atoms with E-state index in [4.69, 9.17) is 9.84 Å². The number of fused-ring (bicyclic) bond motifs is 1. The molecule has 1 saturated heterocycles. The molecule has 4 N–H and O–H groups in total. The van der Waals surface area contributed by atoms with Crippen molar-refractivity contribution in [1.82, 2.24) is 9.47 Å². The molecular weight excluding hydrogens is 605 g/mol. The molecule has 2 heterocycles. The number of methoxy groups -OCH3 is 1. The van der Waals surface area contributed by atoms with E-state index in [9.17, 15) is 26.7 Å². The molecule has 14 heteroatoms. The number of aliphatic hydroxyl groups is 2. The van der Waals surface area contributed by atoms with Crippen molar-refractivity contribution in [1.29, 1.82) is 0 Å². The summed E-state index contributed by atoms with van der Waals surface area (Å²) in [6.45, 7) is 0.453. The molecule has 1 aromatic heterocycles. The van der Waals surface area contributed by atoms with Crippen LogP contribution in [-0.4, -0.2) is 92.6 Å². The van der Waals surface area contributed by atoms with Crippen LogP contribution in [0, 0.1) is 11.8 Å². The Hall–Kier alpha value is -3.09. The smallest absolute Gasteiger partial charge is 0.406 e. The first-order valence-electron chi connectivity index (χ1n) is 13.5. The van der Waals surface area contributed by atoms with Gasteiger partial charge < -0.3 is 35.1 Å². The molecule has 1 fully saturated rings. The number of ether oxygens (including phenoxy) is 1. The summed E-state index contributed by atoms with van der Waals surface area (Å²) >= 11 is 0. The van der Waals surface area contributed by atoms with Crippen molar-refractivity contribution in [3.63, 3.8) is 0 Å². The molecule has 1 atom stereocenters. The number of aliphatic hydroxyl groups excluding tert-OH is 2. The number of rotatable bonds is 10. The zero-order valence-electron chi connectivity index (χ0n) is 23.9. The molecule has 0 radical (unpaired) electrons. The summed E-state index contributed by atoms with van der Waals surface area (Å²) in [7, 11) is -2.02. The lowest BCUT2D eigenvalue weighted by atomic mass is 10.0. The number of alkyl halides is 3. The highest BCUT2D eigenvalue weighted by atomic mass is 32.2. The molecule has 1 aliphatic rings. The van der Waals surface area contributed by atoms with Gasteiger partial charge in [-0.2, -0.15) is 26.7 Å². The maximum absolute atomic E-state index is 13.6. The molecule has 1 aliphatic heterocycles. The second kappa shape index (κ2) is 14.6. The zero-order chi connectivity index (χ0) is 30.5. The number of anilines is 2. The van der Waals surface area contributed by atoms with Crippen LogP contribution in [0.25, 0.3) is 10.9 Å². The van der Waals surface area contributed by atoms with Gasteiger partial charge in [0, 0.05) is 49.1 Å². The average molecular weight is 643 g/mol. The van der Waals surface area contributed by atoms with Gasteiger partial charge in [0.25, 0.3) is 0 Å². The lowest BCUT2D eigenvalue weighted by Crippen LogP contribution is -2.43. The molecule has 43 heavy (non-hydrogen) atoms. The van der Waals surface area contributed by atoms with Crippen LogP contribution in [0.5, 0.6) is 5.75 Å². The van der Waals surface area contributed by atoms with Crippen molar-refractivity contribution in [2.45, 2.75) is 42.6 Å². The normalized spacial score (nSPS) is 15.3.